The molecule has 0 saturated carbocycles. The summed E-state index contributed by atoms with van der Waals surface area (Å²) in [6.07, 6.45) is 0. The van der Waals surface area contributed by atoms with E-state index in [1.807, 2.05) is 30.3 Å². The first-order chi connectivity index (χ1) is 12.8. The molecule has 2 nitrogen and oxygen atoms in total. The molecule has 0 bridgehead atoms. The predicted octanol–water partition coefficient (Wildman–Crippen LogP) is 6.41. The number of para-hydroxylation sites is 2. The quantitative estimate of drug-likeness (QED) is 0.437. The fraction of sp³-hybridized carbons (Fsp3) is 0. The van der Waals surface area contributed by atoms with Gasteiger partial charge in [-0.3, -0.25) is 0 Å². The molecule has 0 atom stereocenters. The van der Waals surface area contributed by atoms with Gasteiger partial charge in [-0.15, -0.1) is 0 Å². The van der Waals surface area contributed by atoms with Crippen LogP contribution in [0.3, 0.4) is 0 Å². The molecule has 26 heavy (non-hydrogen) atoms. The lowest BCUT2D eigenvalue weighted by Crippen LogP contribution is -2.09. The van der Waals surface area contributed by atoms with Gasteiger partial charge in [-0.25, -0.2) is 0 Å². The van der Waals surface area contributed by atoms with E-state index in [2.05, 4.69) is 83.8 Å². The van der Waals surface area contributed by atoms with Gasteiger partial charge in [-0.05, 0) is 59.7 Å². The number of nitrogens with two attached hydrogens (primary N) is 1. The summed E-state index contributed by atoms with van der Waals surface area (Å²) in [5.74, 6) is 0. The van der Waals surface area contributed by atoms with Crippen molar-refractivity contribution in [1.82, 2.24) is 0 Å². The minimum absolute atomic E-state index is 0.774. The van der Waals surface area contributed by atoms with E-state index in [0.29, 0.717) is 0 Å². The second-order valence-corrected chi connectivity index (χ2v) is 6.18. The van der Waals surface area contributed by atoms with Gasteiger partial charge in [-0.1, -0.05) is 60.7 Å². The Hall–Kier alpha value is -3.52. The Kier molecular flexibility index (Phi) is 4.40. The van der Waals surface area contributed by atoms with Crippen LogP contribution in [0.25, 0.3) is 11.1 Å². The number of nitrogen functional groups attached to an aromatic ring is 1. The van der Waals surface area contributed by atoms with E-state index >= 15 is 0 Å². The van der Waals surface area contributed by atoms with E-state index in [1.165, 1.54) is 0 Å². The number of nitrogens with zero attached hydrogens (tertiary/aromatic N) is 1. The van der Waals surface area contributed by atoms with Crippen molar-refractivity contribution in [2.75, 3.05) is 10.6 Å². The zero-order chi connectivity index (χ0) is 17.8. The first kappa shape index (κ1) is 16.0. The van der Waals surface area contributed by atoms with Crippen LogP contribution in [0, 0.1) is 0 Å². The van der Waals surface area contributed by atoms with Crippen molar-refractivity contribution < 1.29 is 0 Å². The van der Waals surface area contributed by atoms with E-state index in [0.717, 1.165) is 33.9 Å². The Labute approximate surface area is 154 Å². The van der Waals surface area contributed by atoms with Crippen LogP contribution in [0.1, 0.15) is 0 Å². The highest BCUT2D eigenvalue weighted by molar-refractivity contribution is 5.80. The summed E-state index contributed by atoms with van der Waals surface area (Å²) in [4.78, 5) is 2.26. The van der Waals surface area contributed by atoms with Crippen molar-refractivity contribution in [1.29, 1.82) is 0 Å². The minimum Gasteiger partial charge on any atom is -0.399 e. The highest BCUT2D eigenvalue weighted by Crippen LogP contribution is 2.36. The molecule has 0 aromatic heterocycles. The molecule has 2 heteroatoms. The lowest BCUT2D eigenvalue weighted by atomic mass is 10.0. The van der Waals surface area contributed by atoms with Crippen LogP contribution in [-0.4, -0.2) is 0 Å². The van der Waals surface area contributed by atoms with E-state index < -0.39 is 0 Å². The van der Waals surface area contributed by atoms with Gasteiger partial charge in [0.25, 0.3) is 0 Å². The highest BCUT2D eigenvalue weighted by Gasteiger charge is 2.12. The summed E-state index contributed by atoms with van der Waals surface area (Å²) in [7, 11) is 0. The maximum Gasteiger partial charge on any atom is 0.0467 e. The van der Waals surface area contributed by atoms with Crippen LogP contribution in [0.2, 0.25) is 0 Å². The molecule has 0 unspecified atom stereocenters. The number of benzene rings is 4. The number of anilines is 4. The van der Waals surface area contributed by atoms with Gasteiger partial charge in [0.15, 0.2) is 0 Å². The summed E-state index contributed by atoms with van der Waals surface area (Å²) in [6.45, 7) is 0. The summed E-state index contributed by atoms with van der Waals surface area (Å²) < 4.78 is 0. The SMILES string of the molecule is Nc1cccc(-c2cccc(N(c3ccccc3)c3ccccc3)c2)c1. The molecule has 0 aliphatic carbocycles. The van der Waals surface area contributed by atoms with Gasteiger partial charge in [0, 0.05) is 22.7 Å². The van der Waals surface area contributed by atoms with E-state index in [4.69, 9.17) is 5.73 Å². The van der Waals surface area contributed by atoms with Crippen LogP contribution in [0.5, 0.6) is 0 Å². The molecule has 126 valence electrons. The molecule has 0 aliphatic heterocycles. The molecule has 0 heterocycles. The predicted molar refractivity (Wildman–Crippen MR) is 111 cm³/mol. The molecule has 4 aromatic rings. The van der Waals surface area contributed by atoms with Gasteiger partial charge in [0.2, 0.25) is 0 Å². The third-order valence-electron chi connectivity index (χ3n) is 4.35. The van der Waals surface area contributed by atoms with E-state index in [9.17, 15) is 0 Å². The first-order valence-corrected chi connectivity index (χ1v) is 8.67. The molecule has 2 N–H and O–H groups in total. The third-order valence-corrected chi connectivity index (χ3v) is 4.35. The lowest BCUT2D eigenvalue weighted by molar-refractivity contribution is 1.28. The normalized spacial score (nSPS) is 10.5. The molecular weight excluding hydrogens is 316 g/mol. The smallest absolute Gasteiger partial charge is 0.0467 e. The van der Waals surface area contributed by atoms with Gasteiger partial charge >= 0.3 is 0 Å². The molecule has 0 amide bonds. The van der Waals surface area contributed by atoms with Crippen LogP contribution in [0.15, 0.2) is 109 Å². The van der Waals surface area contributed by atoms with Crippen LogP contribution >= 0.6 is 0 Å². The van der Waals surface area contributed by atoms with Crippen LogP contribution < -0.4 is 10.6 Å². The van der Waals surface area contributed by atoms with Crippen molar-refractivity contribution in [2.45, 2.75) is 0 Å². The lowest BCUT2D eigenvalue weighted by Gasteiger charge is -2.25. The second-order valence-electron chi connectivity index (χ2n) is 6.18. The average molecular weight is 336 g/mol. The zero-order valence-electron chi connectivity index (χ0n) is 14.4. The molecular formula is C24H20N2. The average Bonchev–Trinajstić information content (AvgIpc) is 2.70. The number of rotatable bonds is 4. The monoisotopic (exact) mass is 336 g/mol. The highest BCUT2D eigenvalue weighted by atomic mass is 15.1. The van der Waals surface area contributed by atoms with Crippen molar-refractivity contribution >= 4 is 22.7 Å². The zero-order valence-corrected chi connectivity index (χ0v) is 14.4. The summed E-state index contributed by atoms with van der Waals surface area (Å²) in [6, 6.07) is 37.4. The summed E-state index contributed by atoms with van der Waals surface area (Å²) in [5.41, 5.74) is 12.4. The fourth-order valence-electron chi connectivity index (χ4n) is 3.14. The fourth-order valence-corrected chi connectivity index (χ4v) is 3.14. The summed E-state index contributed by atoms with van der Waals surface area (Å²) >= 11 is 0. The van der Waals surface area contributed by atoms with Crippen molar-refractivity contribution in [3.8, 4) is 11.1 Å². The second kappa shape index (κ2) is 7.16. The Bertz CT molecular complexity index is 955. The molecule has 0 radical (unpaired) electrons. The van der Waals surface area contributed by atoms with Gasteiger partial charge < -0.3 is 10.6 Å². The molecule has 0 aliphatic rings. The standard InChI is InChI=1S/C24H20N2/c25-21-11-7-9-19(17-21)20-10-8-16-24(18-20)26(22-12-3-1-4-13-22)23-14-5-2-6-15-23/h1-18H,25H2. The van der Waals surface area contributed by atoms with Crippen molar-refractivity contribution in [3.63, 3.8) is 0 Å². The van der Waals surface area contributed by atoms with Crippen LogP contribution in [0.4, 0.5) is 22.7 Å². The van der Waals surface area contributed by atoms with E-state index in [1.54, 1.807) is 0 Å². The topological polar surface area (TPSA) is 29.3 Å². The van der Waals surface area contributed by atoms with Crippen molar-refractivity contribution in [3.05, 3.63) is 109 Å². The maximum absolute atomic E-state index is 5.97. The van der Waals surface area contributed by atoms with Crippen molar-refractivity contribution in [2.24, 2.45) is 0 Å². The molecule has 0 spiro atoms. The van der Waals surface area contributed by atoms with Gasteiger partial charge in [0.05, 0.1) is 0 Å². The molecule has 4 rings (SSSR count). The van der Waals surface area contributed by atoms with E-state index in [-0.39, 0.29) is 0 Å². The largest absolute Gasteiger partial charge is 0.399 e. The third kappa shape index (κ3) is 3.31. The molecule has 0 saturated heterocycles. The Balaban J connectivity index is 1.83. The Morgan fingerprint density at radius 3 is 1.54 bits per heavy atom. The minimum atomic E-state index is 0.774. The first-order valence-electron chi connectivity index (χ1n) is 8.67. The number of hydrogen-bond acceptors (Lipinski definition) is 2. The van der Waals surface area contributed by atoms with Gasteiger partial charge in [-0.2, -0.15) is 0 Å². The Morgan fingerprint density at radius 2 is 0.962 bits per heavy atom. The Morgan fingerprint density at radius 1 is 0.462 bits per heavy atom. The van der Waals surface area contributed by atoms with Gasteiger partial charge in [0.1, 0.15) is 0 Å². The van der Waals surface area contributed by atoms with Crippen LogP contribution in [-0.2, 0) is 0 Å². The maximum atomic E-state index is 5.97. The summed E-state index contributed by atoms with van der Waals surface area (Å²) in [5, 5.41) is 0. The molecule has 4 aromatic carbocycles. The number of hydrogen-bond donors (Lipinski definition) is 1. The molecule has 0 fully saturated rings.